The average molecular weight is 383 g/mol. The van der Waals surface area contributed by atoms with Gasteiger partial charge in [0.2, 0.25) is 5.88 Å². The molecule has 0 aliphatic carbocycles. The van der Waals surface area contributed by atoms with Crippen LogP contribution in [0.4, 0.5) is 0 Å². The van der Waals surface area contributed by atoms with Crippen molar-refractivity contribution in [3.05, 3.63) is 24.8 Å². The van der Waals surface area contributed by atoms with Gasteiger partial charge < -0.3 is 19.8 Å². The van der Waals surface area contributed by atoms with Crippen molar-refractivity contribution < 1.29 is 14.3 Å². The number of primary amides is 1. The number of hydrogen-bond donors (Lipinski definition) is 1. The highest BCUT2D eigenvalue weighted by molar-refractivity contribution is 5.78. The lowest BCUT2D eigenvalue weighted by atomic mass is 10.2. The van der Waals surface area contributed by atoms with Gasteiger partial charge in [0.05, 0.1) is 12.1 Å². The van der Waals surface area contributed by atoms with Gasteiger partial charge in [0.15, 0.2) is 11.9 Å². The number of amides is 1. The van der Waals surface area contributed by atoms with Crippen LogP contribution in [-0.4, -0.2) is 47.9 Å². The lowest BCUT2D eigenvalue weighted by Gasteiger charge is -2.12. The maximum Gasteiger partial charge on any atom is 0.258 e. The highest BCUT2D eigenvalue weighted by atomic mass is 16.5. The number of fused-ring (bicyclic) bond motifs is 3. The predicted molar refractivity (Wildman–Crippen MR) is 99.6 cm³/mol. The summed E-state index contributed by atoms with van der Waals surface area (Å²) < 4.78 is 15.1. The van der Waals surface area contributed by atoms with Crippen LogP contribution in [-0.2, 0) is 11.3 Å². The zero-order valence-corrected chi connectivity index (χ0v) is 15.9. The van der Waals surface area contributed by atoms with Crippen molar-refractivity contribution in [3.8, 4) is 34.5 Å². The Bertz CT molecular complexity index is 1020. The molecule has 10 heteroatoms. The lowest BCUT2D eigenvalue weighted by Crippen LogP contribution is -2.30. The molecule has 3 aromatic rings. The standard InChI is InChI=1S/C18H21N7O3/c1-10(2)25-18(21-9-22-25)13-8-24-4-5-27-14-6-15(28-11(3)16(19)26)20-7-12(14)17(24)23-13/h6-11H,4-5H2,1-3H3,(H2,19,26)/t11-/m1/s1. The second kappa shape index (κ2) is 6.95. The third-order valence-electron chi connectivity index (χ3n) is 4.44. The van der Waals surface area contributed by atoms with Crippen LogP contribution in [0.25, 0.3) is 22.9 Å². The quantitative estimate of drug-likeness (QED) is 0.707. The molecule has 2 N–H and O–H groups in total. The fourth-order valence-corrected chi connectivity index (χ4v) is 2.98. The van der Waals surface area contributed by atoms with E-state index in [1.165, 1.54) is 6.33 Å². The van der Waals surface area contributed by atoms with E-state index in [0.717, 1.165) is 17.1 Å². The molecule has 1 atom stereocenters. The first-order valence-corrected chi connectivity index (χ1v) is 9.00. The summed E-state index contributed by atoms with van der Waals surface area (Å²) in [5.41, 5.74) is 6.71. The smallest absolute Gasteiger partial charge is 0.258 e. The lowest BCUT2D eigenvalue weighted by molar-refractivity contribution is -0.124. The van der Waals surface area contributed by atoms with Crippen molar-refractivity contribution in [2.75, 3.05) is 6.61 Å². The number of imidazole rings is 1. The van der Waals surface area contributed by atoms with E-state index in [1.807, 2.05) is 29.3 Å². The van der Waals surface area contributed by atoms with E-state index in [1.54, 1.807) is 19.2 Å². The maximum absolute atomic E-state index is 11.2. The van der Waals surface area contributed by atoms with Crippen molar-refractivity contribution in [1.82, 2.24) is 29.3 Å². The third-order valence-corrected chi connectivity index (χ3v) is 4.44. The molecule has 1 aliphatic heterocycles. The fourth-order valence-electron chi connectivity index (χ4n) is 2.98. The molecule has 0 saturated heterocycles. The molecule has 3 aromatic heterocycles. The first-order valence-electron chi connectivity index (χ1n) is 9.00. The van der Waals surface area contributed by atoms with Gasteiger partial charge in [-0.15, -0.1) is 0 Å². The summed E-state index contributed by atoms with van der Waals surface area (Å²) in [4.78, 5) is 24.6. The number of nitrogens with zero attached hydrogens (tertiary/aromatic N) is 6. The number of nitrogens with two attached hydrogens (primary N) is 1. The molecule has 0 fully saturated rings. The summed E-state index contributed by atoms with van der Waals surface area (Å²) in [7, 11) is 0. The van der Waals surface area contributed by atoms with Crippen LogP contribution >= 0.6 is 0 Å². The molecule has 0 bridgehead atoms. The molecule has 0 radical (unpaired) electrons. The van der Waals surface area contributed by atoms with Crippen LogP contribution in [0.2, 0.25) is 0 Å². The normalized spacial score (nSPS) is 14.0. The van der Waals surface area contributed by atoms with E-state index in [9.17, 15) is 4.79 Å². The maximum atomic E-state index is 11.2. The van der Waals surface area contributed by atoms with Crippen LogP contribution in [0.5, 0.6) is 11.6 Å². The minimum atomic E-state index is -0.785. The van der Waals surface area contributed by atoms with E-state index < -0.39 is 12.0 Å². The molecule has 0 saturated carbocycles. The van der Waals surface area contributed by atoms with E-state index in [-0.39, 0.29) is 11.9 Å². The molecule has 4 rings (SSSR count). The van der Waals surface area contributed by atoms with Crippen molar-refractivity contribution in [2.24, 2.45) is 5.73 Å². The largest absolute Gasteiger partial charge is 0.491 e. The molecular weight excluding hydrogens is 362 g/mol. The number of carbonyl (C=O) groups is 1. The van der Waals surface area contributed by atoms with Crippen LogP contribution < -0.4 is 15.2 Å². The summed E-state index contributed by atoms with van der Waals surface area (Å²) in [6, 6.07) is 1.82. The Hall–Kier alpha value is -3.43. The molecule has 146 valence electrons. The second-order valence-corrected chi connectivity index (χ2v) is 6.79. The Morgan fingerprint density at radius 2 is 2.11 bits per heavy atom. The Balaban J connectivity index is 1.72. The van der Waals surface area contributed by atoms with Gasteiger partial charge in [-0.05, 0) is 20.8 Å². The number of aromatic nitrogens is 6. The number of pyridine rings is 1. The molecule has 10 nitrogen and oxygen atoms in total. The molecule has 0 aromatic carbocycles. The van der Waals surface area contributed by atoms with Crippen molar-refractivity contribution in [1.29, 1.82) is 0 Å². The Morgan fingerprint density at radius 1 is 1.29 bits per heavy atom. The summed E-state index contributed by atoms with van der Waals surface area (Å²) in [6.07, 6.45) is 4.31. The summed E-state index contributed by atoms with van der Waals surface area (Å²) in [6.45, 7) is 6.74. The molecule has 0 unspecified atom stereocenters. The topological polar surface area (TPSA) is 123 Å². The van der Waals surface area contributed by atoms with Gasteiger partial charge in [0.1, 0.15) is 30.2 Å². The summed E-state index contributed by atoms with van der Waals surface area (Å²) >= 11 is 0. The van der Waals surface area contributed by atoms with Gasteiger partial charge >= 0.3 is 0 Å². The molecule has 1 aliphatic rings. The Kier molecular flexibility index (Phi) is 4.46. The van der Waals surface area contributed by atoms with Crippen LogP contribution in [0.15, 0.2) is 24.8 Å². The van der Waals surface area contributed by atoms with Crippen molar-refractivity contribution >= 4 is 5.91 Å². The van der Waals surface area contributed by atoms with Gasteiger partial charge in [-0.2, -0.15) is 5.10 Å². The van der Waals surface area contributed by atoms with Crippen LogP contribution in [0, 0.1) is 0 Å². The van der Waals surface area contributed by atoms with Crippen molar-refractivity contribution in [2.45, 2.75) is 39.5 Å². The minimum Gasteiger partial charge on any atom is -0.491 e. The number of rotatable bonds is 5. The minimum absolute atomic E-state index is 0.170. The molecule has 0 spiro atoms. The van der Waals surface area contributed by atoms with Gasteiger partial charge in [-0.1, -0.05) is 0 Å². The fraction of sp³-hybridized carbons (Fsp3) is 0.389. The van der Waals surface area contributed by atoms with Crippen LogP contribution in [0.1, 0.15) is 26.8 Å². The predicted octanol–water partition coefficient (Wildman–Crippen LogP) is 1.43. The van der Waals surface area contributed by atoms with Gasteiger partial charge in [0.25, 0.3) is 5.91 Å². The first-order chi connectivity index (χ1) is 13.4. The highest BCUT2D eigenvalue weighted by Crippen LogP contribution is 2.35. The van der Waals surface area contributed by atoms with E-state index in [2.05, 4.69) is 15.1 Å². The number of ether oxygens (including phenoxy) is 2. The Morgan fingerprint density at radius 3 is 2.86 bits per heavy atom. The van der Waals surface area contributed by atoms with E-state index in [0.29, 0.717) is 24.7 Å². The zero-order chi connectivity index (χ0) is 19.8. The number of carbonyl (C=O) groups excluding carboxylic acids is 1. The molecule has 1 amide bonds. The SMILES string of the molecule is CC(C)n1ncnc1-c1cn2c(n1)-c1cnc(O[C@H](C)C(N)=O)cc1OCC2. The summed E-state index contributed by atoms with van der Waals surface area (Å²) in [5, 5.41) is 4.28. The van der Waals surface area contributed by atoms with E-state index in [4.69, 9.17) is 20.2 Å². The molecule has 4 heterocycles. The zero-order valence-electron chi connectivity index (χ0n) is 15.9. The van der Waals surface area contributed by atoms with Crippen molar-refractivity contribution in [3.63, 3.8) is 0 Å². The molecular formula is C18H21N7O3. The third kappa shape index (κ3) is 3.17. The van der Waals surface area contributed by atoms with Gasteiger partial charge in [-0.25, -0.2) is 19.6 Å². The van der Waals surface area contributed by atoms with E-state index >= 15 is 0 Å². The number of hydrogen-bond acceptors (Lipinski definition) is 7. The Labute approximate surface area is 161 Å². The molecule has 28 heavy (non-hydrogen) atoms. The summed E-state index contributed by atoms with van der Waals surface area (Å²) in [5.74, 6) is 1.73. The first kappa shape index (κ1) is 18.0. The highest BCUT2D eigenvalue weighted by Gasteiger charge is 2.23. The average Bonchev–Trinajstić information content (AvgIpc) is 3.26. The second-order valence-electron chi connectivity index (χ2n) is 6.79. The van der Waals surface area contributed by atoms with Gasteiger partial charge in [-0.3, -0.25) is 4.79 Å². The van der Waals surface area contributed by atoms with Crippen LogP contribution in [0.3, 0.4) is 0 Å². The van der Waals surface area contributed by atoms with Gasteiger partial charge in [0, 0.05) is 24.5 Å². The monoisotopic (exact) mass is 383 g/mol.